The van der Waals surface area contributed by atoms with E-state index in [1.54, 1.807) is 26.0 Å². The Hall–Kier alpha value is -1.77. The van der Waals surface area contributed by atoms with Gasteiger partial charge in [-0.2, -0.15) is 4.31 Å². The van der Waals surface area contributed by atoms with Gasteiger partial charge in [-0.05, 0) is 42.9 Å². The predicted molar refractivity (Wildman–Crippen MR) is 131 cm³/mol. The molecule has 32 heavy (non-hydrogen) atoms. The van der Waals surface area contributed by atoms with E-state index in [2.05, 4.69) is 24.1 Å². The van der Waals surface area contributed by atoms with E-state index in [9.17, 15) is 13.2 Å². The van der Waals surface area contributed by atoms with Crippen LogP contribution in [0.4, 0.5) is 0 Å². The molecule has 2 rings (SSSR count). The van der Waals surface area contributed by atoms with E-state index < -0.39 is 10.0 Å². The lowest BCUT2D eigenvalue weighted by Crippen LogP contribution is -2.37. The molecule has 0 heterocycles. The fourth-order valence-corrected chi connectivity index (χ4v) is 5.34. The molecule has 0 saturated carbocycles. The topological polar surface area (TPSA) is 69.7 Å². The van der Waals surface area contributed by atoms with Gasteiger partial charge in [0.25, 0.3) is 0 Å². The highest BCUT2D eigenvalue weighted by Gasteiger charge is 2.22. The van der Waals surface area contributed by atoms with Gasteiger partial charge in [-0.3, -0.25) is 9.69 Å². The maximum absolute atomic E-state index is 12.7. The summed E-state index contributed by atoms with van der Waals surface area (Å²) >= 11 is 6.04. The Bertz CT molecular complexity index is 955. The normalized spacial score (nSPS) is 13.0. The minimum absolute atomic E-state index is 0.0776. The summed E-state index contributed by atoms with van der Waals surface area (Å²) in [5.41, 5.74) is 1.63. The van der Waals surface area contributed by atoms with Crippen molar-refractivity contribution in [3.05, 3.63) is 64.7 Å². The molecule has 1 N–H and O–H groups in total. The first-order valence-corrected chi connectivity index (χ1v) is 12.9. The zero-order chi connectivity index (χ0) is 23.7. The third-order valence-corrected chi connectivity index (χ3v) is 7.97. The molecule has 0 aliphatic carbocycles. The van der Waals surface area contributed by atoms with Crippen LogP contribution in [0.3, 0.4) is 0 Å². The summed E-state index contributed by atoms with van der Waals surface area (Å²) in [4.78, 5) is 15.2. The molecule has 0 amide bonds. The molecule has 0 aliphatic heterocycles. The predicted octanol–water partition coefficient (Wildman–Crippen LogP) is 4.23. The molecule has 0 saturated heterocycles. The first-order valence-electron chi connectivity index (χ1n) is 11.1. The Morgan fingerprint density at radius 1 is 0.906 bits per heavy atom. The Morgan fingerprint density at radius 2 is 1.47 bits per heavy atom. The van der Waals surface area contributed by atoms with Gasteiger partial charge >= 0.3 is 0 Å². The van der Waals surface area contributed by atoms with Gasteiger partial charge in [-0.25, -0.2) is 8.42 Å². The number of carbonyl (C=O) groups excluding carboxylic acids is 1. The van der Waals surface area contributed by atoms with E-state index in [1.165, 1.54) is 16.4 Å². The smallest absolute Gasteiger partial charge is 0.243 e. The molecule has 0 aliphatic rings. The van der Waals surface area contributed by atoms with Crippen molar-refractivity contribution >= 4 is 27.4 Å². The number of carbonyl (C=O) groups is 1. The molecule has 2 aromatic carbocycles. The second kappa shape index (κ2) is 12.5. The fraction of sp³-hybridized carbons (Fsp3) is 0.458. The number of nitrogens with one attached hydrogen (secondary N) is 1. The molecule has 8 heteroatoms. The molecular weight excluding hydrogens is 446 g/mol. The van der Waals surface area contributed by atoms with Crippen LogP contribution in [0.2, 0.25) is 5.02 Å². The summed E-state index contributed by atoms with van der Waals surface area (Å²) in [6.45, 7) is 11.2. The van der Waals surface area contributed by atoms with E-state index >= 15 is 0 Å². The van der Waals surface area contributed by atoms with E-state index in [-0.39, 0.29) is 23.3 Å². The lowest BCUT2D eigenvalue weighted by molar-refractivity contribution is 0.0986. The quantitative estimate of drug-likeness (QED) is 0.435. The largest absolute Gasteiger partial charge is 0.308 e. The molecule has 0 aromatic heterocycles. The van der Waals surface area contributed by atoms with Gasteiger partial charge in [0.1, 0.15) is 0 Å². The van der Waals surface area contributed by atoms with Gasteiger partial charge in [0.15, 0.2) is 5.78 Å². The third kappa shape index (κ3) is 6.62. The van der Waals surface area contributed by atoms with Crippen molar-refractivity contribution in [2.45, 2.75) is 38.6 Å². The summed E-state index contributed by atoms with van der Waals surface area (Å²) in [6, 6.07) is 14.1. The molecule has 1 unspecified atom stereocenters. The molecule has 0 bridgehead atoms. The number of benzene rings is 2. The number of ketones is 1. The lowest BCUT2D eigenvalue weighted by atomic mass is 10.0. The van der Waals surface area contributed by atoms with E-state index in [0.29, 0.717) is 30.2 Å². The van der Waals surface area contributed by atoms with Crippen LogP contribution in [0.15, 0.2) is 53.4 Å². The van der Waals surface area contributed by atoms with Crippen molar-refractivity contribution in [3.8, 4) is 0 Å². The van der Waals surface area contributed by atoms with Crippen molar-refractivity contribution < 1.29 is 13.2 Å². The average molecular weight is 480 g/mol. The molecule has 0 fully saturated rings. The molecule has 176 valence electrons. The summed E-state index contributed by atoms with van der Waals surface area (Å²) in [7, 11) is -3.53. The zero-order valence-electron chi connectivity index (χ0n) is 19.3. The summed E-state index contributed by atoms with van der Waals surface area (Å²) in [5.74, 6) is -0.0776. The Balaban J connectivity index is 2.05. The van der Waals surface area contributed by atoms with Gasteiger partial charge in [0, 0.05) is 36.3 Å². The highest BCUT2D eigenvalue weighted by Crippen LogP contribution is 2.22. The van der Waals surface area contributed by atoms with Crippen LogP contribution in [-0.2, 0) is 10.0 Å². The molecule has 6 nitrogen and oxygen atoms in total. The van der Waals surface area contributed by atoms with E-state index in [1.807, 2.05) is 24.3 Å². The maximum Gasteiger partial charge on any atom is 0.243 e. The summed E-state index contributed by atoms with van der Waals surface area (Å²) in [5, 5.41) is 3.97. The molecule has 0 radical (unpaired) electrons. The van der Waals surface area contributed by atoms with Crippen LogP contribution in [0, 0.1) is 0 Å². The monoisotopic (exact) mass is 479 g/mol. The van der Waals surface area contributed by atoms with Crippen molar-refractivity contribution in [3.63, 3.8) is 0 Å². The third-order valence-electron chi connectivity index (χ3n) is 5.65. The lowest BCUT2D eigenvalue weighted by Gasteiger charge is -2.30. The van der Waals surface area contributed by atoms with Crippen molar-refractivity contribution in [1.82, 2.24) is 14.5 Å². The number of nitrogens with zero attached hydrogens (tertiary/aromatic N) is 2. The van der Waals surface area contributed by atoms with E-state index in [4.69, 9.17) is 11.6 Å². The van der Waals surface area contributed by atoms with Crippen LogP contribution < -0.4 is 5.32 Å². The molecular formula is C24H34ClN3O3S. The van der Waals surface area contributed by atoms with Gasteiger partial charge in [0.2, 0.25) is 10.0 Å². The Kier molecular flexibility index (Phi) is 10.3. The number of hydrogen-bond acceptors (Lipinski definition) is 5. The van der Waals surface area contributed by atoms with Crippen molar-refractivity contribution in [1.29, 1.82) is 0 Å². The van der Waals surface area contributed by atoms with Gasteiger partial charge in [-0.1, -0.05) is 63.6 Å². The van der Waals surface area contributed by atoms with Crippen LogP contribution in [0.5, 0.6) is 0 Å². The number of rotatable bonds is 13. The second-order valence-corrected chi connectivity index (χ2v) is 9.83. The summed E-state index contributed by atoms with van der Waals surface area (Å²) in [6.07, 6.45) is 0. The first kappa shape index (κ1) is 26.5. The minimum atomic E-state index is -3.53. The number of halogens is 1. The van der Waals surface area contributed by atoms with Crippen LogP contribution in [-0.4, -0.2) is 62.7 Å². The second-order valence-electron chi connectivity index (χ2n) is 7.46. The number of hydrogen-bond donors (Lipinski definition) is 1. The van der Waals surface area contributed by atoms with Gasteiger partial charge in [0.05, 0.1) is 11.4 Å². The van der Waals surface area contributed by atoms with Crippen molar-refractivity contribution in [2.75, 3.05) is 39.3 Å². The highest BCUT2D eigenvalue weighted by atomic mass is 35.5. The summed E-state index contributed by atoms with van der Waals surface area (Å²) < 4.78 is 26.6. The van der Waals surface area contributed by atoms with Crippen LogP contribution >= 0.6 is 11.6 Å². The van der Waals surface area contributed by atoms with Crippen molar-refractivity contribution in [2.24, 2.45) is 0 Å². The molecule has 2 aromatic rings. The van der Waals surface area contributed by atoms with E-state index in [0.717, 1.165) is 18.7 Å². The number of likely N-dealkylation sites (N-methyl/N-ethyl adjacent to an activating group) is 1. The molecule has 1 atom stereocenters. The van der Waals surface area contributed by atoms with Gasteiger partial charge in [-0.15, -0.1) is 0 Å². The van der Waals surface area contributed by atoms with Crippen LogP contribution in [0.25, 0.3) is 0 Å². The first-order chi connectivity index (χ1) is 15.3. The number of Topliss-reactive ketones (excluding diaryl/α,β-unsaturated/α-hetero) is 1. The standard InChI is InChI=1S/C24H34ClN3O3S/c1-5-27(6-2)23(19-9-13-21(25)14-10-19)17-26-18-24(29)20-11-15-22(16-12-20)32(30,31)28(7-3)8-4/h9-16,23,26H,5-8,17-18H2,1-4H3. The highest BCUT2D eigenvalue weighted by molar-refractivity contribution is 7.89. The number of sulfonamides is 1. The SMILES string of the molecule is CCN(CC)C(CNCC(=O)c1ccc(S(=O)(=O)N(CC)CC)cc1)c1ccc(Cl)cc1. The molecule has 0 spiro atoms. The van der Waals surface area contributed by atoms with Crippen LogP contribution in [0.1, 0.15) is 49.7 Å². The minimum Gasteiger partial charge on any atom is -0.308 e. The maximum atomic E-state index is 12.7. The fourth-order valence-electron chi connectivity index (χ4n) is 3.76. The average Bonchev–Trinajstić information content (AvgIpc) is 2.80. The Labute approximate surface area is 197 Å². The Morgan fingerprint density at radius 3 is 1.97 bits per heavy atom. The van der Waals surface area contributed by atoms with Gasteiger partial charge < -0.3 is 5.32 Å². The zero-order valence-corrected chi connectivity index (χ0v) is 20.9.